The standard InChI is InChI=1S/C33H48N2O4S/c1-23-11-9-10-14-27(23)29-20-25(15-16-28(29)31(36)35-30(32(37)38)17-18-40-5)21-34-26(22-39-33(2,3)4)19-24-12-7-6-8-13-24/h9-11,14-16,20,24,26,30,34H,6-8,12-13,17-19,21-22H2,1-5H3,(H,35,36)(H,37,38). The van der Waals surface area contributed by atoms with E-state index < -0.39 is 12.0 Å². The van der Waals surface area contributed by atoms with Gasteiger partial charge >= 0.3 is 5.97 Å². The fraction of sp³-hybridized carbons (Fsp3) is 0.576. The van der Waals surface area contributed by atoms with Crippen LogP contribution in [0.5, 0.6) is 0 Å². The van der Waals surface area contributed by atoms with Crippen LogP contribution in [0.25, 0.3) is 11.1 Å². The normalized spacial score (nSPS) is 15.9. The largest absolute Gasteiger partial charge is 0.480 e. The quantitative estimate of drug-likeness (QED) is 0.231. The van der Waals surface area contributed by atoms with Crippen LogP contribution in [-0.4, -0.2) is 53.3 Å². The van der Waals surface area contributed by atoms with Crippen molar-refractivity contribution in [1.82, 2.24) is 10.6 Å². The van der Waals surface area contributed by atoms with Gasteiger partial charge in [0.15, 0.2) is 0 Å². The van der Waals surface area contributed by atoms with Crippen molar-refractivity contribution in [1.29, 1.82) is 0 Å². The summed E-state index contributed by atoms with van der Waals surface area (Å²) >= 11 is 1.57. The van der Waals surface area contributed by atoms with E-state index in [1.807, 2.05) is 49.6 Å². The molecule has 1 aliphatic carbocycles. The molecule has 40 heavy (non-hydrogen) atoms. The zero-order valence-corrected chi connectivity index (χ0v) is 25.7. The van der Waals surface area contributed by atoms with Gasteiger partial charge in [0.05, 0.1) is 12.2 Å². The molecule has 0 aromatic heterocycles. The van der Waals surface area contributed by atoms with Gasteiger partial charge in [-0.05, 0) is 92.8 Å². The fourth-order valence-electron chi connectivity index (χ4n) is 5.37. The number of aryl methyl sites for hydroxylation is 1. The summed E-state index contributed by atoms with van der Waals surface area (Å²) in [4.78, 5) is 25.2. The minimum absolute atomic E-state index is 0.191. The molecule has 2 unspecified atom stereocenters. The molecule has 7 heteroatoms. The van der Waals surface area contributed by atoms with Crippen molar-refractivity contribution in [3.8, 4) is 11.1 Å². The number of carboxylic acid groups (broad SMARTS) is 1. The molecule has 0 heterocycles. The summed E-state index contributed by atoms with van der Waals surface area (Å²) in [7, 11) is 0. The lowest BCUT2D eigenvalue weighted by Crippen LogP contribution is -2.41. The second kappa shape index (κ2) is 15.6. The molecule has 1 amide bonds. The highest BCUT2D eigenvalue weighted by Gasteiger charge is 2.24. The molecule has 1 fully saturated rings. The number of carbonyl (C=O) groups is 2. The van der Waals surface area contributed by atoms with Crippen LogP contribution in [0.1, 0.15) is 87.2 Å². The third-order valence-electron chi connectivity index (χ3n) is 7.63. The molecule has 0 radical (unpaired) electrons. The van der Waals surface area contributed by atoms with Gasteiger partial charge in [-0.15, -0.1) is 0 Å². The van der Waals surface area contributed by atoms with Gasteiger partial charge in [-0.3, -0.25) is 4.79 Å². The van der Waals surface area contributed by atoms with Crippen LogP contribution < -0.4 is 10.6 Å². The minimum atomic E-state index is -1.01. The van der Waals surface area contributed by atoms with Gasteiger partial charge in [0.1, 0.15) is 6.04 Å². The lowest BCUT2D eigenvalue weighted by atomic mass is 9.85. The summed E-state index contributed by atoms with van der Waals surface area (Å²) in [5, 5.41) is 16.2. The first-order valence-electron chi connectivity index (χ1n) is 14.7. The highest BCUT2D eigenvalue weighted by Crippen LogP contribution is 2.30. The molecule has 2 aromatic carbocycles. The van der Waals surface area contributed by atoms with Crippen molar-refractivity contribution < 1.29 is 19.4 Å². The summed E-state index contributed by atoms with van der Waals surface area (Å²) in [6.45, 7) is 9.65. The minimum Gasteiger partial charge on any atom is -0.480 e. The maximum Gasteiger partial charge on any atom is 0.326 e. The Hall–Kier alpha value is -2.35. The van der Waals surface area contributed by atoms with E-state index in [0.29, 0.717) is 30.9 Å². The summed E-state index contributed by atoms with van der Waals surface area (Å²) in [6.07, 6.45) is 9.99. The molecule has 0 saturated heterocycles. The average molecular weight is 569 g/mol. The fourth-order valence-corrected chi connectivity index (χ4v) is 5.85. The number of thioether (sulfide) groups is 1. The first-order valence-corrected chi connectivity index (χ1v) is 16.1. The Bertz CT molecular complexity index is 1110. The number of carboxylic acids is 1. The predicted molar refractivity (Wildman–Crippen MR) is 166 cm³/mol. The van der Waals surface area contributed by atoms with Crippen LogP contribution in [-0.2, 0) is 16.1 Å². The van der Waals surface area contributed by atoms with Crippen LogP contribution in [0.4, 0.5) is 0 Å². The van der Waals surface area contributed by atoms with Crippen molar-refractivity contribution in [2.45, 2.75) is 96.9 Å². The van der Waals surface area contributed by atoms with Crippen LogP contribution in [0.15, 0.2) is 42.5 Å². The Morgan fingerprint density at radius 2 is 1.80 bits per heavy atom. The molecular weight excluding hydrogens is 520 g/mol. The first kappa shape index (κ1) is 32.2. The van der Waals surface area contributed by atoms with Crippen LogP contribution in [0, 0.1) is 12.8 Å². The number of aliphatic carboxylic acids is 1. The maximum atomic E-state index is 13.4. The second-order valence-corrected chi connectivity index (χ2v) is 13.1. The van der Waals surface area contributed by atoms with Crippen molar-refractivity contribution in [3.05, 3.63) is 59.2 Å². The summed E-state index contributed by atoms with van der Waals surface area (Å²) < 4.78 is 6.20. The molecule has 6 nitrogen and oxygen atoms in total. The van der Waals surface area contributed by atoms with E-state index in [1.54, 1.807) is 11.8 Å². The van der Waals surface area contributed by atoms with Crippen LogP contribution in [0.2, 0.25) is 0 Å². The molecular formula is C33H48N2O4S. The molecule has 0 aliphatic heterocycles. The zero-order valence-electron chi connectivity index (χ0n) is 24.9. The van der Waals surface area contributed by atoms with E-state index in [9.17, 15) is 14.7 Å². The number of amides is 1. The Labute approximate surface area is 245 Å². The molecule has 0 bridgehead atoms. The second-order valence-electron chi connectivity index (χ2n) is 12.1. The summed E-state index contributed by atoms with van der Waals surface area (Å²) in [6, 6.07) is 13.2. The zero-order chi connectivity index (χ0) is 29.1. The summed E-state index contributed by atoms with van der Waals surface area (Å²) in [5.74, 6) is 0.0202. The first-order chi connectivity index (χ1) is 19.1. The van der Waals surface area contributed by atoms with Crippen molar-refractivity contribution in [2.24, 2.45) is 5.92 Å². The Morgan fingerprint density at radius 3 is 2.45 bits per heavy atom. The third kappa shape index (κ3) is 10.2. The molecule has 2 atom stereocenters. The van der Waals surface area contributed by atoms with E-state index in [1.165, 1.54) is 32.1 Å². The van der Waals surface area contributed by atoms with Crippen LogP contribution in [0.3, 0.4) is 0 Å². The Kier molecular flexibility index (Phi) is 12.5. The SMILES string of the molecule is CSCCC(NC(=O)c1ccc(CNC(COC(C)(C)C)CC2CCCCC2)cc1-c1ccccc1C)C(=O)O. The van der Waals surface area contributed by atoms with E-state index in [2.05, 4.69) is 37.5 Å². The molecule has 0 spiro atoms. The number of hydrogen-bond acceptors (Lipinski definition) is 5. The van der Waals surface area contributed by atoms with E-state index in [-0.39, 0.29) is 17.6 Å². The molecule has 3 N–H and O–H groups in total. The summed E-state index contributed by atoms with van der Waals surface area (Å²) in [5.41, 5.74) is 4.23. The molecule has 3 rings (SSSR count). The van der Waals surface area contributed by atoms with Crippen molar-refractivity contribution >= 4 is 23.6 Å². The molecule has 220 valence electrons. The van der Waals surface area contributed by atoms with Gasteiger partial charge in [0, 0.05) is 18.2 Å². The number of rotatable bonds is 14. The number of nitrogens with one attached hydrogen (secondary N) is 2. The van der Waals surface area contributed by atoms with Crippen molar-refractivity contribution in [2.75, 3.05) is 18.6 Å². The predicted octanol–water partition coefficient (Wildman–Crippen LogP) is 6.84. The number of hydrogen-bond donors (Lipinski definition) is 3. The van der Waals surface area contributed by atoms with Gasteiger partial charge in [0.2, 0.25) is 0 Å². The number of ether oxygens (including phenoxy) is 1. The maximum absolute atomic E-state index is 13.4. The van der Waals surface area contributed by atoms with Gasteiger partial charge in [-0.2, -0.15) is 11.8 Å². The van der Waals surface area contributed by atoms with Gasteiger partial charge in [-0.1, -0.05) is 62.4 Å². The van der Waals surface area contributed by atoms with Gasteiger partial charge < -0.3 is 20.5 Å². The van der Waals surface area contributed by atoms with E-state index in [4.69, 9.17) is 4.74 Å². The smallest absolute Gasteiger partial charge is 0.326 e. The number of benzene rings is 2. The van der Waals surface area contributed by atoms with Gasteiger partial charge in [0.25, 0.3) is 5.91 Å². The van der Waals surface area contributed by atoms with Gasteiger partial charge in [-0.25, -0.2) is 4.79 Å². The number of carbonyl (C=O) groups excluding carboxylic acids is 1. The molecule has 2 aromatic rings. The van der Waals surface area contributed by atoms with E-state index >= 15 is 0 Å². The third-order valence-corrected chi connectivity index (χ3v) is 8.28. The van der Waals surface area contributed by atoms with E-state index in [0.717, 1.165) is 34.6 Å². The molecule has 1 saturated carbocycles. The van der Waals surface area contributed by atoms with Crippen molar-refractivity contribution in [3.63, 3.8) is 0 Å². The Morgan fingerprint density at radius 1 is 1.07 bits per heavy atom. The lowest BCUT2D eigenvalue weighted by molar-refractivity contribution is -0.139. The van der Waals surface area contributed by atoms with Crippen LogP contribution >= 0.6 is 11.8 Å². The lowest BCUT2D eigenvalue weighted by Gasteiger charge is -2.30. The average Bonchev–Trinajstić information content (AvgIpc) is 2.92. The highest BCUT2D eigenvalue weighted by molar-refractivity contribution is 7.98. The monoisotopic (exact) mass is 568 g/mol. The topological polar surface area (TPSA) is 87.7 Å². The molecule has 1 aliphatic rings. The Balaban J connectivity index is 1.83. The highest BCUT2D eigenvalue weighted by atomic mass is 32.2.